The highest BCUT2D eigenvalue weighted by Crippen LogP contribution is 2.32. The molecule has 0 saturated carbocycles. The van der Waals surface area contributed by atoms with E-state index in [4.69, 9.17) is 5.41 Å². The first-order valence-corrected chi connectivity index (χ1v) is 8.80. The lowest BCUT2D eigenvalue weighted by molar-refractivity contribution is 0.265. The van der Waals surface area contributed by atoms with E-state index >= 15 is 0 Å². The predicted octanol–water partition coefficient (Wildman–Crippen LogP) is 3.20. The smallest absolute Gasteiger partial charge is 0.135 e. The van der Waals surface area contributed by atoms with Crippen molar-refractivity contribution in [2.24, 2.45) is 0 Å². The van der Waals surface area contributed by atoms with Crippen molar-refractivity contribution in [2.75, 3.05) is 32.7 Å². The van der Waals surface area contributed by atoms with Crippen molar-refractivity contribution in [1.29, 1.82) is 5.41 Å². The van der Waals surface area contributed by atoms with Gasteiger partial charge < -0.3 is 14.9 Å². The second-order valence-electron chi connectivity index (χ2n) is 5.61. The Hall–Kier alpha value is -1.92. The lowest BCUT2D eigenvalue weighted by atomic mass is 10.2. The summed E-state index contributed by atoms with van der Waals surface area (Å²) in [7, 11) is 0. The van der Waals surface area contributed by atoms with E-state index in [1.165, 1.54) is 11.3 Å². The molecule has 2 heterocycles. The summed E-state index contributed by atoms with van der Waals surface area (Å²) < 4.78 is 1.08. The Labute approximate surface area is 140 Å². The third-order valence-electron chi connectivity index (χ3n) is 4.27. The number of rotatable bonds is 6. The quantitative estimate of drug-likeness (QED) is 0.854. The summed E-state index contributed by atoms with van der Waals surface area (Å²) in [5.74, 6) is 0.641. The number of likely N-dealkylation sites (N-methyl/N-ethyl adjacent to an activating group) is 1. The van der Waals surface area contributed by atoms with Crippen molar-refractivity contribution in [1.82, 2.24) is 14.8 Å². The number of amidine groups is 1. The number of fused-ring (bicyclic) bond motifs is 1. The van der Waals surface area contributed by atoms with E-state index in [1.807, 2.05) is 29.2 Å². The van der Waals surface area contributed by atoms with E-state index in [1.54, 1.807) is 0 Å². The van der Waals surface area contributed by atoms with Gasteiger partial charge in [-0.25, -0.2) is 4.98 Å². The number of thiazole rings is 1. The van der Waals surface area contributed by atoms with E-state index in [0.29, 0.717) is 18.0 Å². The highest BCUT2D eigenvalue weighted by molar-refractivity contribution is 7.19. The third-order valence-corrected chi connectivity index (χ3v) is 5.32. The topological polar surface area (TPSA) is 63.5 Å². The lowest BCUT2D eigenvalue weighted by Crippen LogP contribution is -2.36. The van der Waals surface area contributed by atoms with Crippen LogP contribution in [0.2, 0.25) is 0 Å². The first-order chi connectivity index (χ1) is 11.1. The molecule has 0 fully saturated rings. The number of benzene rings is 1. The maximum Gasteiger partial charge on any atom is 0.135 e. The van der Waals surface area contributed by atoms with Gasteiger partial charge in [-0.05, 0) is 25.2 Å². The summed E-state index contributed by atoms with van der Waals surface area (Å²) in [6, 6.07) is 7.92. The number of nitrogens with one attached hydrogen (secondary N) is 1. The van der Waals surface area contributed by atoms with Crippen LogP contribution in [0.4, 0.5) is 0 Å². The van der Waals surface area contributed by atoms with Crippen LogP contribution in [-0.2, 0) is 0 Å². The lowest BCUT2D eigenvalue weighted by Gasteiger charge is -2.24. The van der Waals surface area contributed by atoms with E-state index < -0.39 is 0 Å². The fourth-order valence-corrected chi connectivity index (χ4v) is 3.86. The molecule has 2 N–H and O–H groups in total. The van der Waals surface area contributed by atoms with E-state index in [-0.39, 0.29) is 5.76 Å². The Morgan fingerprint density at radius 1 is 1.30 bits per heavy atom. The average molecular weight is 330 g/mol. The Morgan fingerprint density at radius 3 is 2.74 bits per heavy atom. The van der Waals surface area contributed by atoms with Crippen LogP contribution in [0.25, 0.3) is 15.8 Å². The molecule has 0 amide bonds. The molecule has 1 aliphatic rings. The van der Waals surface area contributed by atoms with E-state index in [9.17, 15) is 5.11 Å². The SMILES string of the molecule is CCN(CC)CCN1CC(O)=C(c2nc3ccccc3s2)C1=N. The molecule has 0 radical (unpaired) electrons. The van der Waals surface area contributed by atoms with Crippen LogP contribution in [0.3, 0.4) is 0 Å². The van der Waals surface area contributed by atoms with Crippen LogP contribution >= 0.6 is 11.3 Å². The summed E-state index contributed by atoms with van der Waals surface area (Å²) in [5.41, 5.74) is 1.51. The normalized spacial score (nSPS) is 15.4. The van der Waals surface area contributed by atoms with Crippen molar-refractivity contribution in [3.8, 4) is 0 Å². The van der Waals surface area contributed by atoms with Crippen molar-refractivity contribution in [2.45, 2.75) is 13.8 Å². The van der Waals surface area contributed by atoms with Crippen LogP contribution in [0.1, 0.15) is 18.9 Å². The molecule has 1 aromatic carbocycles. The van der Waals surface area contributed by atoms with E-state index in [0.717, 1.165) is 41.4 Å². The molecule has 3 rings (SSSR count). The van der Waals surface area contributed by atoms with Crippen LogP contribution in [0, 0.1) is 5.41 Å². The van der Waals surface area contributed by atoms with Gasteiger partial charge in [-0.15, -0.1) is 11.3 Å². The number of nitrogens with zero attached hydrogens (tertiary/aromatic N) is 3. The van der Waals surface area contributed by atoms with Gasteiger partial charge in [0.2, 0.25) is 0 Å². The first kappa shape index (κ1) is 16.0. The van der Waals surface area contributed by atoms with Gasteiger partial charge in [0.15, 0.2) is 0 Å². The fraction of sp³-hybridized carbons (Fsp3) is 0.412. The average Bonchev–Trinajstić information content (AvgIpc) is 3.09. The molecule has 1 aromatic heterocycles. The molecule has 0 bridgehead atoms. The molecule has 0 aliphatic carbocycles. The Balaban J connectivity index is 1.78. The Morgan fingerprint density at radius 2 is 2.04 bits per heavy atom. The number of para-hydroxylation sites is 1. The van der Waals surface area contributed by atoms with Crippen molar-refractivity contribution in [3.63, 3.8) is 0 Å². The minimum absolute atomic E-state index is 0.258. The Bertz CT molecular complexity index is 715. The molecule has 122 valence electrons. The summed E-state index contributed by atoms with van der Waals surface area (Å²) in [6.07, 6.45) is 0. The minimum atomic E-state index is 0.258. The number of aliphatic hydroxyl groups is 1. The second-order valence-corrected chi connectivity index (χ2v) is 6.64. The van der Waals surface area contributed by atoms with Crippen LogP contribution < -0.4 is 0 Å². The number of hydrogen-bond donors (Lipinski definition) is 2. The molecule has 0 spiro atoms. The fourth-order valence-electron chi connectivity index (χ4n) is 2.83. The van der Waals surface area contributed by atoms with Gasteiger partial charge >= 0.3 is 0 Å². The number of aliphatic hydroxyl groups excluding tert-OH is 1. The summed E-state index contributed by atoms with van der Waals surface area (Å²) in [5, 5.41) is 19.5. The monoisotopic (exact) mass is 330 g/mol. The largest absolute Gasteiger partial charge is 0.510 e. The van der Waals surface area contributed by atoms with Crippen molar-refractivity contribution in [3.05, 3.63) is 35.0 Å². The zero-order chi connectivity index (χ0) is 16.4. The summed E-state index contributed by atoms with van der Waals surface area (Å²) in [6.45, 7) is 8.34. The molecular weight excluding hydrogens is 308 g/mol. The van der Waals surface area contributed by atoms with Crippen LogP contribution in [-0.4, -0.2) is 58.4 Å². The highest BCUT2D eigenvalue weighted by Gasteiger charge is 2.30. The summed E-state index contributed by atoms with van der Waals surface area (Å²) in [4.78, 5) is 8.83. The second kappa shape index (κ2) is 6.68. The van der Waals surface area contributed by atoms with Gasteiger partial charge in [0.1, 0.15) is 16.6 Å². The molecule has 0 saturated heterocycles. The highest BCUT2D eigenvalue weighted by atomic mass is 32.1. The molecule has 2 aromatic rings. The predicted molar refractivity (Wildman–Crippen MR) is 96.3 cm³/mol. The maximum atomic E-state index is 10.3. The third kappa shape index (κ3) is 3.09. The molecule has 6 heteroatoms. The van der Waals surface area contributed by atoms with Crippen LogP contribution in [0.5, 0.6) is 0 Å². The molecule has 0 unspecified atom stereocenters. The maximum absolute atomic E-state index is 10.3. The molecule has 5 nitrogen and oxygen atoms in total. The summed E-state index contributed by atoms with van der Waals surface area (Å²) >= 11 is 1.53. The van der Waals surface area contributed by atoms with Gasteiger partial charge in [0.05, 0.1) is 22.3 Å². The molecule has 0 atom stereocenters. The van der Waals surface area contributed by atoms with Gasteiger partial charge in [-0.1, -0.05) is 26.0 Å². The minimum Gasteiger partial charge on any atom is -0.510 e. The molecular formula is C17H22N4OS. The van der Waals surface area contributed by atoms with Gasteiger partial charge in [0.25, 0.3) is 0 Å². The number of hydrogen-bond acceptors (Lipinski definition) is 5. The van der Waals surface area contributed by atoms with Crippen LogP contribution in [0.15, 0.2) is 30.0 Å². The standard InChI is InChI=1S/C17H22N4OS/c1-3-20(4-2)9-10-21-11-13(22)15(16(21)18)17-19-12-7-5-6-8-14(12)23-17/h5-8,18,22H,3-4,9-11H2,1-2H3. The van der Waals surface area contributed by atoms with E-state index in [2.05, 4.69) is 23.7 Å². The van der Waals surface area contributed by atoms with Gasteiger partial charge in [0, 0.05) is 13.1 Å². The van der Waals surface area contributed by atoms with Crippen molar-refractivity contribution < 1.29 is 5.11 Å². The number of aromatic nitrogens is 1. The van der Waals surface area contributed by atoms with Gasteiger partial charge in [-0.2, -0.15) is 0 Å². The first-order valence-electron chi connectivity index (χ1n) is 7.98. The molecule has 23 heavy (non-hydrogen) atoms. The van der Waals surface area contributed by atoms with Gasteiger partial charge in [-0.3, -0.25) is 5.41 Å². The van der Waals surface area contributed by atoms with Crippen molar-refractivity contribution >= 4 is 33.0 Å². The zero-order valence-corrected chi connectivity index (χ0v) is 14.4. The zero-order valence-electron chi connectivity index (χ0n) is 13.5. The molecule has 1 aliphatic heterocycles. The Kier molecular flexibility index (Phi) is 4.63.